The molecule has 0 aromatic carbocycles. The van der Waals surface area contributed by atoms with Gasteiger partial charge in [-0.3, -0.25) is 4.99 Å². The molecule has 2 atom stereocenters. The number of unbranched alkanes of at least 4 members (excludes halogenated alkanes) is 1. The number of nitrogens with zero attached hydrogens (tertiary/aromatic N) is 3. The Hall–Kier alpha value is -0.600. The maximum atomic E-state index is 5.83. The van der Waals surface area contributed by atoms with Crippen LogP contribution in [0.15, 0.2) is 23.3 Å². The van der Waals surface area contributed by atoms with Crippen LogP contribution in [0.25, 0.3) is 0 Å². The molecule has 2 N–H and O–H groups in total. The van der Waals surface area contributed by atoms with Gasteiger partial charge >= 0.3 is 0 Å². The molecule has 0 radical (unpaired) electrons. The number of likely N-dealkylation sites (tertiary alicyclic amines) is 1. The van der Waals surface area contributed by atoms with Crippen LogP contribution in [0.3, 0.4) is 0 Å². The third-order valence-electron chi connectivity index (χ3n) is 4.94. The van der Waals surface area contributed by atoms with Gasteiger partial charge in [0.05, 0.1) is 0 Å². The van der Waals surface area contributed by atoms with Gasteiger partial charge in [-0.1, -0.05) is 31.5 Å². The Morgan fingerprint density at radius 2 is 1.96 bits per heavy atom. The Morgan fingerprint density at radius 1 is 1.21 bits per heavy atom. The second-order valence-electron chi connectivity index (χ2n) is 7.84. The number of aliphatic imine (C=N–C) groups is 1. The minimum Gasteiger partial charge on any atom is -0.357 e. The van der Waals surface area contributed by atoms with Crippen LogP contribution in [0, 0.1) is 11.8 Å². The van der Waals surface area contributed by atoms with Crippen LogP contribution in [-0.4, -0.2) is 55.1 Å². The average molecular weight is 522 g/mol. The molecule has 0 spiro atoms. The van der Waals surface area contributed by atoms with E-state index in [1.165, 1.54) is 38.0 Å². The van der Waals surface area contributed by atoms with Gasteiger partial charge in [0.25, 0.3) is 0 Å². The normalized spacial score (nSPS) is 20.5. The maximum absolute atomic E-state index is 5.83. The van der Waals surface area contributed by atoms with Crippen molar-refractivity contribution in [2.24, 2.45) is 16.8 Å². The standard InChI is InChI=1S/C21H36ClN5.HI/c1-4-23-21(25-11-9-19-7-8-20(22)26-14-19)24-10-5-6-12-27-15-17(2)13-18(3)16-27;/h7-8,14,17-18H,4-6,9-13,15-16H2,1-3H3,(H2,23,24,25);1H. The molecule has 0 aliphatic carbocycles. The molecule has 1 aromatic rings. The highest BCUT2D eigenvalue weighted by Gasteiger charge is 2.20. The molecule has 1 aliphatic rings. The van der Waals surface area contributed by atoms with Crippen molar-refractivity contribution in [1.82, 2.24) is 20.5 Å². The smallest absolute Gasteiger partial charge is 0.191 e. The van der Waals surface area contributed by atoms with E-state index in [1.54, 1.807) is 0 Å². The quantitative estimate of drug-likeness (QED) is 0.168. The van der Waals surface area contributed by atoms with Crippen molar-refractivity contribution < 1.29 is 0 Å². The zero-order valence-corrected chi connectivity index (χ0v) is 20.7. The van der Waals surface area contributed by atoms with Gasteiger partial charge in [0, 0.05) is 38.9 Å². The molecule has 7 heteroatoms. The van der Waals surface area contributed by atoms with Gasteiger partial charge in [0.15, 0.2) is 5.96 Å². The Kier molecular flexibility index (Phi) is 13.1. The highest BCUT2D eigenvalue weighted by molar-refractivity contribution is 14.0. The maximum Gasteiger partial charge on any atom is 0.191 e. The van der Waals surface area contributed by atoms with Crippen molar-refractivity contribution in [2.75, 3.05) is 39.3 Å². The summed E-state index contributed by atoms with van der Waals surface area (Å²) in [6.45, 7) is 13.2. The highest BCUT2D eigenvalue weighted by Crippen LogP contribution is 2.20. The molecule has 5 nitrogen and oxygen atoms in total. The Bertz CT molecular complexity index is 556. The van der Waals surface area contributed by atoms with E-state index in [9.17, 15) is 0 Å². The second-order valence-corrected chi connectivity index (χ2v) is 8.23. The predicted molar refractivity (Wildman–Crippen MR) is 131 cm³/mol. The SMILES string of the molecule is CCNC(=NCCCCN1CC(C)CC(C)C1)NCCc1ccc(Cl)nc1.I. The fourth-order valence-corrected chi connectivity index (χ4v) is 3.95. The average Bonchev–Trinajstić information content (AvgIpc) is 2.62. The lowest BCUT2D eigenvalue weighted by atomic mass is 9.92. The van der Waals surface area contributed by atoms with Crippen molar-refractivity contribution >= 4 is 41.5 Å². The summed E-state index contributed by atoms with van der Waals surface area (Å²) in [4.78, 5) is 11.5. The molecule has 1 aromatic heterocycles. The van der Waals surface area contributed by atoms with Crippen LogP contribution >= 0.6 is 35.6 Å². The molecule has 0 saturated carbocycles. The Morgan fingerprint density at radius 3 is 2.61 bits per heavy atom. The molecule has 2 rings (SSSR count). The minimum absolute atomic E-state index is 0. The van der Waals surface area contributed by atoms with E-state index in [2.05, 4.69) is 41.3 Å². The topological polar surface area (TPSA) is 52.6 Å². The molecule has 1 fully saturated rings. The lowest BCUT2D eigenvalue weighted by Crippen LogP contribution is -2.39. The number of hydrogen-bond donors (Lipinski definition) is 2. The number of halogens is 2. The first kappa shape index (κ1) is 25.4. The van der Waals surface area contributed by atoms with Crippen molar-refractivity contribution in [3.05, 3.63) is 29.0 Å². The lowest BCUT2D eigenvalue weighted by Gasteiger charge is -2.34. The molecule has 2 heterocycles. The van der Waals surface area contributed by atoms with E-state index in [0.717, 1.165) is 50.3 Å². The van der Waals surface area contributed by atoms with Gasteiger partial charge in [-0.2, -0.15) is 0 Å². The van der Waals surface area contributed by atoms with Crippen LogP contribution in [0.4, 0.5) is 0 Å². The zero-order valence-electron chi connectivity index (χ0n) is 17.6. The molecular formula is C21H37ClIN5. The Labute approximate surface area is 193 Å². The van der Waals surface area contributed by atoms with Crippen LogP contribution in [0.2, 0.25) is 5.15 Å². The van der Waals surface area contributed by atoms with Crippen molar-refractivity contribution in [3.8, 4) is 0 Å². The number of aromatic nitrogens is 1. The first-order chi connectivity index (χ1) is 13.1. The first-order valence-electron chi connectivity index (χ1n) is 10.4. The van der Waals surface area contributed by atoms with Gasteiger partial charge < -0.3 is 15.5 Å². The summed E-state index contributed by atoms with van der Waals surface area (Å²) in [6, 6.07) is 3.85. The molecule has 28 heavy (non-hydrogen) atoms. The summed E-state index contributed by atoms with van der Waals surface area (Å²) >= 11 is 5.83. The number of piperidine rings is 1. The van der Waals surface area contributed by atoms with E-state index in [0.29, 0.717) is 5.15 Å². The number of guanidine groups is 1. The predicted octanol–water partition coefficient (Wildman–Crippen LogP) is 4.21. The number of hydrogen-bond acceptors (Lipinski definition) is 3. The molecular weight excluding hydrogens is 485 g/mol. The van der Waals surface area contributed by atoms with Gasteiger partial charge in [0.2, 0.25) is 0 Å². The molecule has 160 valence electrons. The van der Waals surface area contributed by atoms with E-state index in [4.69, 9.17) is 16.6 Å². The van der Waals surface area contributed by atoms with Crippen molar-refractivity contribution in [2.45, 2.75) is 46.5 Å². The van der Waals surface area contributed by atoms with Gasteiger partial charge in [-0.15, -0.1) is 24.0 Å². The third-order valence-corrected chi connectivity index (χ3v) is 5.16. The van der Waals surface area contributed by atoms with Crippen LogP contribution in [0.5, 0.6) is 0 Å². The van der Waals surface area contributed by atoms with E-state index in [-0.39, 0.29) is 24.0 Å². The van der Waals surface area contributed by atoms with Gasteiger partial charge in [0.1, 0.15) is 5.15 Å². The fraction of sp³-hybridized carbons (Fsp3) is 0.714. The van der Waals surface area contributed by atoms with Crippen molar-refractivity contribution in [3.63, 3.8) is 0 Å². The van der Waals surface area contributed by atoms with Crippen molar-refractivity contribution in [1.29, 1.82) is 0 Å². The first-order valence-corrected chi connectivity index (χ1v) is 10.8. The summed E-state index contributed by atoms with van der Waals surface area (Å²) in [5.74, 6) is 2.58. The summed E-state index contributed by atoms with van der Waals surface area (Å²) in [6.07, 6.45) is 6.47. The van der Waals surface area contributed by atoms with Crippen LogP contribution in [0.1, 0.15) is 45.6 Å². The lowest BCUT2D eigenvalue weighted by molar-refractivity contribution is 0.139. The Balaban J connectivity index is 0.00000392. The number of pyridine rings is 1. The summed E-state index contributed by atoms with van der Waals surface area (Å²) < 4.78 is 0. The molecule has 2 unspecified atom stereocenters. The fourth-order valence-electron chi connectivity index (χ4n) is 3.83. The van der Waals surface area contributed by atoms with E-state index < -0.39 is 0 Å². The van der Waals surface area contributed by atoms with E-state index in [1.807, 2.05) is 18.3 Å². The van der Waals surface area contributed by atoms with E-state index >= 15 is 0 Å². The molecule has 1 aliphatic heterocycles. The number of nitrogens with one attached hydrogen (secondary N) is 2. The van der Waals surface area contributed by atoms with Crippen LogP contribution in [-0.2, 0) is 6.42 Å². The largest absolute Gasteiger partial charge is 0.357 e. The van der Waals surface area contributed by atoms with Crippen LogP contribution < -0.4 is 10.6 Å². The molecule has 1 saturated heterocycles. The third kappa shape index (κ3) is 10.3. The monoisotopic (exact) mass is 521 g/mol. The number of rotatable bonds is 9. The zero-order chi connectivity index (χ0) is 19.5. The van der Waals surface area contributed by atoms with Gasteiger partial charge in [-0.05, 0) is 62.6 Å². The second kappa shape index (κ2) is 14.4. The summed E-state index contributed by atoms with van der Waals surface area (Å²) in [5, 5.41) is 7.26. The molecule has 0 bridgehead atoms. The summed E-state index contributed by atoms with van der Waals surface area (Å²) in [7, 11) is 0. The minimum atomic E-state index is 0. The molecule has 0 amide bonds. The van der Waals surface area contributed by atoms with Gasteiger partial charge in [-0.25, -0.2) is 4.98 Å². The summed E-state index contributed by atoms with van der Waals surface area (Å²) in [5.41, 5.74) is 1.17. The highest BCUT2D eigenvalue weighted by atomic mass is 127.